The van der Waals surface area contributed by atoms with E-state index in [2.05, 4.69) is 9.71 Å². The molecule has 1 aliphatic rings. The van der Waals surface area contributed by atoms with E-state index in [0.717, 1.165) is 66.4 Å². The number of aromatic carboxylic acids is 1. The lowest BCUT2D eigenvalue weighted by molar-refractivity contribution is -0.137. The summed E-state index contributed by atoms with van der Waals surface area (Å²) in [7, 11) is 1.34. The topological polar surface area (TPSA) is 71.5 Å². The van der Waals surface area contributed by atoms with Gasteiger partial charge in [0.15, 0.2) is 0 Å². The maximum absolute atomic E-state index is 14.2. The minimum Gasteiger partial charge on any atom is -0.495 e. The summed E-state index contributed by atoms with van der Waals surface area (Å²) in [5.74, 6) is -2.02. The van der Waals surface area contributed by atoms with Crippen LogP contribution in [0.3, 0.4) is 0 Å². The first-order valence-corrected chi connectivity index (χ1v) is 13.9. The van der Waals surface area contributed by atoms with E-state index in [1.807, 2.05) is 0 Å². The van der Waals surface area contributed by atoms with Gasteiger partial charge in [0.05, 0.1) is 34.1 Å². The summed E-state index contributed by atoms with van der Waals surface area (Å²) in [5.41, 5.74) is 0.389. The van der Waals surface area contributed by atoms with Crippen molar-refractivity contribution in [1.82, 2.24) is 4.98 Å². The number of ether oxygens (including phenoxy) is 1. The molecule has 0 radical (unpaired) electrons. The molecule has 39 heavy (non-hydrogen) atoms. The summed E-state index contributed by atoms with van der Waals surface area (Å²) in [5, 5.41) is 9.40. The second-order valence-electron chi connectivity index (χ2n) is 9.33. The fourth-order valence-corrected chi connectivity index (χ4v) is 6.52. The number of halogens is 4. The lowest BCUT2D eigenvalue weighted by atomic mass is 9.83. The van der Waals surface area contributed by atoms with Gasteiger partial charge in [-0.1, -0.05) is 31.4 Å². The largest absolute Gasteiger partial charge is 0.495 e. The molecule has 1 aromatic heterocycles. The molecule has 1 fully saturated rings. The second-order valence-corrected chi connectivity index (χ2v) is 11.2. The lowest BCUT2D eigenvalue weighted by Crippen LogP contribution is -2.10. The Hall–Kier alpha value is -3.31. The fourth-order valence-electron chi connectivity index (χ4n) is 4.84. The van der Waals surface area contributed by atoms with E-state index in [0.29, 0.717) is 10.4 Å². The van der Waals surface area contributed by atoms with Crippen LogP contribution in [0.5, 0.6) is 5.75 Å². The molecule has 5 nitrogen and oxygen atoms in total. The van der Waals surface area contributed by atoms with Crippen molar-refractivity contribution in [3.8, 4) is 16.3 Å². The maximum Gasteiger partial charge on any atom is 0.417 e. The number of nitrogens with one attached hydrogen (secondary N) is 1. The number of hydrogen-bond acceptors (Lipinski definition) is 6. The number of thiazole rings is 1. The molecule has 0 amide bonds. The SMILES string of the molecule is COc1cc(C(=O)O)c(F)cc1NSc1ccc2sc(-c3ccc(C4CCCCC4)cc3C(F)(F)F)nc2c1. The third kappa shape index (κ3) is 5.84. The molecule has 0 unspecified atom stereocenters. The number of hydrogen-bond donors (Lipinski definition) is 2. The zero-order chi connectivity index (χ0) is 27.7. The van der Waals surface area contributed by atoms with Crippen LogP contribution in [0.25, 0.3) is 20.8 Å². The molecule has 1 heterocycles. The van der Waals surface area contributed by atoms with Crippen LogP contribution >= 0.6 is 23.3 Å². The van der Waals surface area contributed by atoms with Gasteiger partial charge in [0.25, 0.3) is 0 Å². The number of carboxylic acid groups (broad SMARTS) is 1. The number of benzene rings is 3. The van der Waals surface area contributed by atoms with Gasteiger partial charge in [-0.25, -0.2) is 14.2 Å². The Morgan fingerprint density at radius 1 is 1.10 bits per heavy atom. The summed E-state index contributed by atoms with van der Waals surface area (Å²) >= 11 is 2.30. The Morgan fingerprint density at radius 2 is 1.87 bits per heavy atom. The molecule has 11 heteroatoms. The number of fused-ring (bicyclic) bond motifs is 1. The summed E-state index contributed by atoms with van der Waals surface area (Å²) < 4.78 is 65.4. The van der Waals surface area contributed by atoms with Crippen LogP contribution in [0.15, 0.2) is 53.4 Å². The minimum absolute atomic E-state index is 0.0642. The molecule has 0 saturated heterocycles. The molecule has 2 N–H and O–H groups in total. The zero-order valence-electron chi connectivity index (χ0n) is 20.8. The molecule has 1 aliphatic carbocycles. The van der Waals surface area contributed by atoms with Gasteiger partial charge in [-0.15, -0.1) is 11.3 Å². The van der Waals surface area contributed by atoms with E-state index in [-0.39, 0.29) is 27.9 Å². The van der Waals surface area contributed by atoms with Crippen molar-refractivity contribution in [1.29, 1.82) is 0 Å². The lowest BCUT2D eigenvalue weighted by Gasteiger charge is -2.23. The Balaban J connectivity index is 1.42. The van der Waals surface area contributed by atoms with Crippen molar-refractivity contribution in [3.63, 3.8) is 0 Å². The number of methoxy groups -OCH3 is 1. The van der Waals surface area contributed by atoms with Gasteiger partial charge in [-0.2, -0.15) is 13.2 Å². The summed E-state index contributed by atoms with van der Waals surface area (Å²) in [6.45, 7) is 0. The first kappa shape index (κ1) is 27.3. The van der Waals surface area contributed by atoms with E-state index in [1.54, 1.807) is 30.3 Å². The summed E-state index contributed by atoms with van der Waals surface area (Å²) in [6.07, 6.45) is 0.520. The van der Waals surface area contributed by atoms with Crippen molar-refractivity contribution < 1.29 is 32.2 Å². The smallest absolute Gasteiger partial charge is 0.417 e. The molecule has 0 aliphatic heterocycles. The van der Waals surface area contributed by atoms with Crippen LogP contribution in [0, 0.1) is 5.82 Å². The standard InChI is InChI=1S/C28H24F4N2O3S2/c1-37-24-13-19(27(35)36)21(29)14-22(24)34-39-17-8-10-25-23(12-17)33-26(38-25)18-9-7-16(11-20(18)28(30,31)32)15-5-3-2-4-6-15/h7-15,34H,2-6H2,1H3,(H,35,36). The predicted octanol–water partition coefficient (Wildman–Crippen LogP) is 8.99. The molecule has 1 saturated carbocycles. The van der Waals surface area contributed by atoms with E-state index in [4.69, 9.17) is 9.84 Å². The van der Waals surface area contributed by atoms with Gasteiger partial charge >= 0.3 is 12.1 Å². The van der Waals surface area contributed by atoms with E-state index >= 15 is 0 Å². The number of aromatic nitrogens is 1. The Kier molecular flexibility index (Phi) is 7.73. The van der Waals surface area contributed by atoms with Crippen molar-refractivity contribution in [3.05, 3.63) is 71.0 Å². The highest BCUT2D eigenvalue weighted by Gasteiger charge is 2.35. The first-order valence-electron chi connectivity index (χ1n) is 12.3. The number of carbonyl (C=O) groups is 1. The first-order chi connectivity index (χ1) is 18.6. The molecule has 5 rings (SSSR count). The molecule has 0 spiro atoms. The van der Waals surface area contributed by atoms with Crippen LogP contribution in [-0.4, -0.2) is 23.2 Å². The highest BCUT2D eigenvalue weighted by molar-refractivity contribution is 8.00. The highest BCUT2D eigenvalue weighted by atomic mass is 32.2. The molecule has 0 atom stereocenters. The average molecular weight is 577 g/mol. The number of rotatable bonds is 7. The van der Waals surface area contributed by atoms with Gasteiger partial charge in [0, 0.05) is 16.5 Å². The van der Waals surface area contributed by atoms with Crippen LogP contribution in [0.4, 0.5) is 23.2 Å². The number of carboxylic acids is 1. The van der Waals surface area contributed by atoms with Crippen molar-refractivity contribution in [2.24, 2.45) is 0 Å². The van der Waals surface area contributed by atoms with Gasteiger partial charge in [-0.05, 0) is 66.6 Å². The van der Waals surface area contributed by atoms with Gasteiger partial charge in [0.2, 0.25) is 0 Å². The number of alkyl halides is 3. The monoisotopic (exact) mass is 576 g/mol. The predicted molar refractivity (Wildman–Crippen MR) is 145 cm³/mol. The molecule has 0 bridgehead atoms. The molecular weight excluding hydrogens is 552 g/mol. The van der Waals surface area contributed by atoms with Gasteiger partial charge in [-0.3, -0.25) is 0 Å². The quantitative estimate of drug-likeness (QED) is 0.169. The van der Waals surface area contributed by atoms with E-state index in [9.17, 15) is 22.4 Å². The summed E-state index contributed by atoms with van der Waals surface area (Å²) in [6, 6.07) is 12.0. The molecule has 3 aromatic carbocycles. The minimum atomic E-state index is -4.51. The van der Waals surface area contributed by atoms with Crippen LogP contribution < -0.4 is 9.46 Å². The highest BCUT2D eigenvalue weighted by Crippen LogP contribution is 2.43. The fraction of sp³-hybridized carbons (Fsp3) is 0.286. The third-order valence-electron chi connectivity index (χ3n) is 6.81. The zero-order valence-corrected chi connectivity index (χ0v) is 22.4. The summed E-state index contributed by atoms with van der Waals surface area (Å²) in [4.78, 5) is 16.4. The Bertz CT molecular complexity index is 1530. The van der Waals surface area contributed by atoms with Gasteiger partial charge < -0.3 is 14.6 Å². The second kappa shape index (κ2) is 11.1. The Morgan fingerprint density at radius 3 is 2.56 bits per heavy atom. The molecule has 204 valence electrons. The van der Waals surface area contributed by atoms with Crippen molar-refractivity contribution in [2.45, 2.75) is 49.1 Å². The van der Waals surface area contributed by atoms with E-state index in [1.165, 1.54) is 24.5 Å². The number of anilines is 1. The van der Waals surface area contributed by atoms with E-state index < -0.39 is 29.1 Å². The van der Waals surface area contributed by atoms with Gasteiger partial charge in [0.1, 0.15) is 16.6 Å². The third-order valence-corrected chi connectivity index (χ3v) is 8.69. The van der Waals surface area contributed by atoms with Crippen molar-refractivity contribution >= 4 is 45.2 Å². The maximum atomic E-state index is 14.2. The number of nitrogens with zero attached hydrogens (tertiary/aromatic N) is 1. The molecule has 4 aromatic rings. The average Bonchev–Trinajstić information content (AvgIpc) is 3.35. The van der Waals surface area contributed by atoms with Crippen LogP contribution in [-0.2, 0) is 6.18 Å². The van der Waals surface area contributed by atoms with Crippen LogP contribution in [0.1, 0.15) is 59.5 Å². The normalized spacial score (nSPS) is 14.5. The Labute approximate surface area is 230 Å². The van der Waals surface area contributed by atoms with Crippen LogP contribution in [0.2, 0.25) is 0 Å². The van der Waals surface area contributed by atoms with Crippen molar-refractivity contribution in [2.75, 3.05) is 11.8 Å². The molecular formula is C28H24F4N2O3S2.